The van der Waals surface area contributed by atoms with Gasteiger partial charge in [-0.3, -0.25) is 9.59 Å². The van der Waals surface area contributed by atoms with Crippen molar-refractivity contribution in [3.8, 4) is 0 Å². The van der Waals surface area contributed by atoms with E-state index in [0.29, 0.717) is 23.6 Å². The van der Waals surface area contributed by atoms with Crippen molar-refractivity contribution in [3.63, 3.8) is 0 Å². The number of hydrogen-bond donors (Lipinski definition) is 2. The summed E-state index contributed by atoms with van der Waals surface area (Å²) in [5.74, 6) is -1.57. The van der Waals surface area contributed by atoms with Crippen molar-refractivity contribution >= 4 is 40.8 Å². The highest BCUT2D eigenvalue weighted by atomic mass is 35.5. The van der Waals surface area contributed by atoms with Gasteiger partial charge in [0.05, 0.1) is 51.5 Å². The van der Waals surface area contributed by atoms with Gasteiger partial charge in [0, 0.05) is 17.7 Å². The predicted octanol–water partition coefficient (Wildman–Crippen LogP) is 5.43. The molecule has 7 nitrogen and oxygen atoms in total. The minimum Gasteiger partial charge on any atom is -0.456 e. The largest absolute Gasteiger partial charge is 0.456 e. The number of aryl methyl sites for hydroxylation is 1. The third-order valence-corrected chi connectivity index (χ3v) is 9.20. The van der Waals surface area contributed by atoms with Crippen LogP contribution in [0.15, 0.2) is 10.4 Å². The molecule has 0 aromatic carbocycles. The molecule has 2 N–H and O–H groups in total. The fourth-order valence-electron chi connectivity index (χ4n) is 5.27. The maximum absolute atomic E-state index is 13.6. The lowest BCUT2D eigenvalue weighted by molar-refractivity contribution is -0.154. The van der Waals surface area contributed by atoms with Gasteiger partial charge in [-0.2, -0.15) is 0 Å². The average molecular weight is 556 g/mol. The number of cyclic esters (lactones) is 1. The summed E-state index contributed by atoms with van der Waals surface area (Å²) in [5, 5.41) is 25.3. The number of esters is 1. The molecule has 3 rings (SSSR count). The molecule has 0 spiro atoms. The SMILES string of the molecule is CCC[C@H]1C(=O)C(C)(C)[C@@H](O)CC(=O)O[C@H](C(Cl)=Cc2csc(C)n2)CC2OC2(C)CCC[C@H](C)[C@@H]1O. The number of rotatable bonds is 4. The molecule has 0 radical (unpaired) electrons. The van der Waals surface area contributed by atoms with Crippen LogP contribution in [0.4, 0.5) is 0 Å². The highest BCUT2D eigenvalue weighted by Crippen LogP contribution is 2.45. The van der Waals surface area contributed by atoms with Gasteiger partial charge in [0.15, 0.2) is 0 Å². The summed E-state index contributed by atoms with van der Waals surface area (Å²) in [6.45, 7) is 11.2. The number of carbonyl (C=O) groups is 2. The van der Waals surface area contributed by atoms with Crippen LogP contribution in [0.5, 0.6) is 0 Å². The maximum Gasteiger partial charge on any atom is 0.309 e. The van der Waals surface area contributed by atoms with Gasteiger partial charge in [-0.15, -0.1) is 11.3 Å². The number of carbonyl (C=O) groups excluding carboxylic acids is 2. The molecular weight excluding hydrogens is 514 g/mol. The smallest absolute Gasteiger partial charge is 0.309 e. The number of thiazole rings is 1. The molecule has 1 aromatic heterocycles. The number of aliphatic hydroxyl groups excluding tert-OH is 2. The topological polar surface area (TPSA) is 109 Å². The number of Topliss-reactive ketones (excluding diaryl/α,β-unsaturated/α-hetero) is 1. The Bertz CT molecular complexity index is 993. The number of ether oxygens (including phenoxy) is 2. The van der Waals surface area contributed by atoms with Crippen molar-refractivity contribution in [2.75, 3.05) is 0 Å². The first-order valence-corrected chi connectivity index (χ1v) is 14.6. The number of hydrogen-bond acceptors (Lipinski definition) is 8. The fraction of sp³-hybridized carbons (Fsp3) is 0.750. The number of aliphatic hydroxyl groups is 2. The highest BCUT2D eigenvalue weighted by Gasteiger charge is 2.53. The van der Waals surface area contributed by atoms with E-state index < -0.39 is 35.6 Å². The van der Waals surface area contributed by atoms with Crippen molar-refractivity contribution in [2.24, 2.45) is 17.3 Å². The summed E-state index contributed by atoms with van der Waals surface area (Å²) in [7, 11) is 0. The third-order valence-electron chi connectivity index (χ3n) is 8.06. The van der Waals surface area contributed by atoms with Gasteiger partial charge >= 0.3 is 5.97 Å². The van der Waals surface area contributed by atoms with E-state index in [1.54, 1.807) is 19.9 Å². The summed E-state index contributed by atoms with van der Waals surface area (Å²) in [6.07, 6.45) is 2.38. The van der Waals surface area contributed by atoms with Crippen molar-refractivity contribution in [3.05, 3.63) is 21.1 Å². The molecule has 1 aromatic rings. The summed E-state index contributed by atoms with van der Waals surface area (Å²) < 4.78 is 11.8. The monoisotopic (exact) mass is 555 g/mol. The molecule has 37 heavy (non-hydrogen) atoms. The van der Waals surface area contributed by atoms with Crippen LogP contribution in [0.2, 0.25) is 0 Å². The summed E-state index contributed by atoms with van der Waals surface area (Å²) in [6, 6.07) is 0. The molecule has 0 aliphatic carbocycles. The Balaban J connectivity index is 1.88. The number of nitrogens with zero attached hydrogens (tertiary/aromatic N) is 1. The van der Waals surface area contributed by atoms with E-state index in [1.807, 2.05) is 33.1 Å². The fourth-order valence-corrected chi connectivity index (χ4v) is 6.09. The van der Waals surface area contributed by atoms with Gasteiger partial charge in [-0.05, 0) is 45.1 Å². The van der Waals surface area contributed by atoms with Crippen LogP contribution >= 0.6 is 22.9 Å². The van der Waals surface area contributed by atoms with Crippen molar-refractivity contribution in [2.45, 2.75) is 117 Å². The van der Waals surface area contributed by atoms with Crippen LogP contribution in [-0.2, 0) is 19.1 Å². The zero-order valence-corrected chi connectivity index (χ0v) is 24.4. The first-order valence-electron chi connectivity index (χ1n) is 13.4. The molecule has 0 bridgehead atoms. The molecule has 2 aliphatic heterocycles. The minimum absolute atomic E-state index is 0.0844. The van der Waals surface area contributed by atoms with E-state index in [4.69, 9.17) is 21.1 Å². The molecule has 2 aliphatic rings. The molecule has 0 saturated carbocycles. The number of epoxide rings is 1. The Labute approximate surface area is 229 Å². The second-order valence-electron chi connectivity index (χ2n) is 11.5. The number of halogens is 1. The van der Waals surface area contributed by atoms with Gasteiger partial charge in [-0.1, -0.05) is 52.1 Å². The summed E-state index contributed by atoms with van der Waals surface area (Å²) >= 11 is 8.15. The maximum atomic E-state index is 13.6. The van der Waals surface area contributed by atoms with Gasteiger partial charge < -0.3 is 19.7 Å². The van der Waals surface area contributed by atoms with Crippen molar-refractivity contribution in [1.29, 1.82) is 0 Å². The second kappa shape index (κ2) is 12.2. The lowest BCUT2D eigenvalue weighted by atomic mass is 9.71. The zero-order valence-electron chi connectivity index (χ0n) is 22.8. The standard InChI is InChI=1S/C28H42ClNO6S/c1-7-9-19-25(33)16(2)10-8-11-28(6)23(36-28)13-21(20(29)12-18-15-37-17(3)30-18)35-24(32)14-22(31)27(4,5)26(19)34/h12,15-16,19,21-23,25,31,33H,7-11,13-14H2,1-6H3/t16-,19+,21-,22-,23?,25-,28?/m0/s1. The van der Waals surface area contributed by atoms with Crippen molar-refractivity contribution in [1.82, 2.24) is 4.98 Å². The van der Waals surface area contributed by atoms with Crippen LogP contribution in [0.1, 0.15) is 90.3 Å². The number of fused-ring (bicyclic) bond motifs is 1. The van der Waals surface area contributed by atoms with Crippen LogP contribution in [0.25, 0.3) is 6.08 Å². The predicted molar refractivity (Wildman–Crippen MR) is 145 cm³/mol. The molecule has 2 unspecified atom stereocenters. The molecular formula is C28H42ClNO6S. The minimum atomic E-state index is -1.27. The van der Waals surface area contributed by atoms with Crippen LogP contribution in [-0.4, -0.2) is 57.0 Å². The lowest BCUT2D eigenvalue weighted by Gasteiger charge is -2.36. The number of aromatic nitrogens is 1. The summed E-state index contributed by atoms with van der Waals surface area (Å²) in [5.41, 5.74) is -0.903. The molecule has 0 amide bonds. The molecule has 7 atom stereocenters. The molecule has 9 heteroatoms. The quantitative estimate of drug-likeness (QED) is 0.376. The first-order chi connectivity index (χ1) is 17.3. The normalized spacial score (nSPS) is 36.1. The van der Waals surface area contributed by atoms with Gasteiger partial charge in [0.1, 0.15) is 11.9 Å². The lowest BCUT2D eigenvalue weighted by Crippen LogP contribution is -2.46. The van der Waals surface area contributed by atoms with Crippen LogP contribution < -0.4 is 0 Å². The molecule has 208 valence electrons. The van der Waals surface area contributed by atoms with E-state index in [1.165, 1.54) is 11.3 Å². The van der Waals surface area contributed by atoms with Crippen LogP contribution in [0.3, 0.4) is 0 Å². The third kappa shape index (κ3) is 7.41. The zero-order chi connectivity index (χ0) is 27.5. The molecule has 3 heterocycles. The van der Waals surface area contributed by atoms with Gasteiger partial charge in [0.2, 0.25) is 0 Å². The summed E-state index contributed by atoms with van der Waals surface area (Å²) in [4.78, 5) is 31.0. The Morgan fingerprint density at radius 3 is 2.62 bits per heavy atom. The van der Waals surface area contributed by atoms with E-state index in [-0.39, 0.29) is 29.8 Å². The van der Waals surface area contributed by atoms with E-state index in [2.05, 4.69) is 4.98 Å². The van der Waals surface area contributed by atoms with Crippen molar-refractivity contribution < 1.29 is 29.3 Å². The second-order valence-corrected chi connectivity index (χ2v) is 13.0. The van der Waals surface area contributed by atoms with E-state index in [9.17, 15) is 19.8 Å². The number of ketones is 1. The molecule has 2 saturated heterocycles. The Kier molecular flexibility index (Phi) is 10.0. The first kappa shape index (κ1) is 30.2. The highest BCUT2D eigenvalue weighted by molar-refractivity contribution is 7.09. The van der Waals surface area contributed by atoms with Gasteiger partial charge in [0.25, 0.3) is 0 Å². The average Bonchev–Trinajstić information content (AvgIpc) is 3.27. The molecule has 2 fully saturated rings. The van der Waals surface area contributed by atoms with Gasteiger partial charge in [-0.25, -0.2) is 4.98 Å². The van der Waals surface area contributed by atoms with E-state index in [0.717, 1.165) is 30.7 Å². The Morgan fingerprint density at radius 1 is 1.30 bits per heavy atom. The van der Waals surface area contributed by atoms with Crippen LogP contribution in [0, 0.1) is 24.2 Å². The Morgan fingerprint density at radius 2 is 2.00 bits per heavy atom. The van der Waals surface area contributed by atoms with E-state index >= 15 is 0 Å². The Hall–Kier alpha value is -1.32.